The first-order valence-corrected chi connectivity index (χ1v) is 23.3. The van der Waals surface area contributed by atoms with Crippen molar-refractivity contribution in [2.75, 3.05) is 34.9 Å². The van der Waals surface area contributed by atoms with Crippen LogP contribution in [-0.4, -0.2) is 157 Å². The van der Waals surface area contributed by atoms with E-state index in [-0.39, 0.29) is 43.7 Å². The number of ether oxygens (including phenoxy) is 8. The number of methoxy groups -OCH3 is 2. The molecule has 0 radical (unpaired) electrons. The summed E-state index contributed by atoms with van der Waals surface area (Å²) in [6, 6.07) is 8.76. The number of amides is 1. The molecule has 362 valence electrons. The average Bonchev–Trinajstić information content (AvgIpc) is 3.52. The van der Waals surface area contributed by atoms with Gasteiger partial charge in [0.15, 0.2) is 18.2 Å². The summed E-state index contributed by atoms with van der Waals surface area (Å²) in [5.41, 5.74) is -2.68. The molecule has 1 aromatic rings. The molecule has 0 aliphatic carbocycles. The first kappa shape index (κ1) is 52.0. The lowest BCUT2D eigenvalue weighted by molar-refractivity contribution is -0.319. The number of carbonyl (C=O) groups excluding carboxylic acids is 3. The van der Waals surface area contributed by atoms with E-state index in [1.165, 1.54) is 7.11 Å². The van der Waals surface area contributed by atoms with Crippen molar-refractivity contribution in [3.63, 3.8) is 0 Å². The lowest BCUT2D eigenvalue weighted by atomic mass is 9.73. The molecular weight excluding hydrogens is 825 g/mol. The molecule has 1 amide bonds. The Labute approximate surface area is 381 Å². The van der Waals surface area contributed by atoms with Gasteiger partial charge in [-0.15, -0.1) is 0 Å². The van der Waals surface area contributed by atoms with E-state index in [2.05, 4.69) is 0 Å². The number of aliphatic hydroxyl groups excluding tert-OH is 2. The Bertz CT molecular complexity index is 1750. The quantitative estimate of drug-likeness (QED) is 0.234. The van der Waals surface area contributed by atoms with E-state index in [1.807, 2.05) is 103 Å². The maximum absolute atomic E-state index is 15.0. The fourth-order valence-electron chi connectivity index (χ4n) is 10.9. The molecule has 5 rings (SSSR count). The molecule has 18 atom stereocenters. The number of fused-ring (bicyclic) bond motifs is 1. The molecule has 4 aliphatic heterocycles. The van der Waals surface area contributed by atoms with Gasteiger partial charge in [0.25, 0.3) is 0 Å². The minimum Gasteiger partial charge on any atom is -0.458 e. The third-order valence-corrected chi connectivity index (χ3v) is 14.8. The van der Waals surface area contributed by atoms with Crippen molar-refractivity contribution in [3.05, 3.63) is 42.0 Å². The molecule has 1 aromatic carbocycles. The Morgan fingerprint density at radius 3 is 2.16 bits per heavy atom. The zero-order valence-corrected chi connectivity index (χ0v) is 40.7. The highest BCUT2D eigenvalue weighted by atomic mass is 16.7. The number of cyclic esters (lactones) is 1. The summed E-state index contributed by atoms with van der Waals surface area (Å²) in [6.45, 7) is 18.5. The molecule has 2 N–H and O–H groups in total. The number of hydrogen-bond donors (Lipinski definition) is 2. The predicted octanol–water partition coefficient (Wildman–Crippen LogP) is 6.01. The van der Waals surface area contributed by atoms with Crippen LogP contribution in [0, 0.1) is 23.7 Å². The normalized spacial score (nSPS) is 42.9. The van der Waals surface area contributed by atoms with Crippen LogP contribution in [0.5, 0.6) is 0 Å². The third kappa shape index (κ3) is 10.9. The van der Waals surface area contributed by atoms with Crippen molar-refractivity contribution >= 4 is 23.9 Å². The van der Waals surface area contributed by atoms with E-state index < -0.39 is 108 Å². The van der Waals surface area contributed by atoms with Crippen LogP contribution in [0.1, 0.15) is 107 Å². The summed E-state index contributed by atoms with van der Waals surface area (Å²) < 4.78 is 51.5. The van der Waals surface area contributed by atoms with E-state index in [0.717, 1.165) is 5.56 Å². The number of ketones is 1. The maximum Gasteiger partial charge on any atom is 0.410 e. The highest BCUT2D eigenvalue weighted by Crippen LogP contribution is 2.45. The largest absolute Gasteiger partial charge is 0.458 e. The lowest BCUT2D eigenvalue weighted by Crippen LogP contribution is -2.61. The van der Waals surface area contributed by atoms with Gasteiger partial charge in [-0.05, 0) is 86.9 Å². The summed E-state index contributed by atoms with van der Waals surface area (Å²) >= 11 is 0. The molecule has 0 aromatic heterocycles. The van der Waals surface area contributed by atoms with Crippen LogP contribution in [-0.2, 0) is 47.5 Å². The molecule has 64 heavy (non-hydrogen) atoms. The van der Waals surface area contributed by atoms with Crippen LogP contribution >= 0.6 is 0 Å². The Morgan fingerprint density at radius 1 is 0.891 bits per heavy atom. The van der Waals surface area contributed by atoms with Gasteiger partial charge in [-0.3, -0.25) is 9.59 Å². The Hall–Kier alpha value is -2.99. The number of hydrogen-bond acceptors (Lipinski definition) is 14. The first-order valence-electron chi connectivity index (χ1n) is 23.3. The number of esters is 1. The zero-order chi connectivity index (χ0) is 47.5. The van der Waals surface area contributed by atoms with Crippen molar-refractivity contribution in [1.82, 2.24) is 9.80 Å². The third-order valence-electron chi connectivity index (χ3n) is 14.8. The first-order chi connectivity index (χ1) is 30.0. The van der Waals surface area contributed by atoms with Crippen LogP contribution < -0.4 is 0 Å². The van der Waals surface area contributed by atoms with E-state index in [1.54, 1.807) is 39.7 Å². The van der Waals surface area contributed by atoms with Crippen molar-refractivity contribution in [2.45, 2.75) is 186 Å². The molecular formula is C49H78N2O13. The van der Waals surface area contributed by atoms with Crippen LogP contribution in [0.3, 0.4) is 0 Å². The Balaban J connectivity index is 1.61. The lowest BCUT2D eigenvalue weighted by Gasteiger charge is -2.50. The maximum atomic E-state index is 15.0. The van der Waals surface area contributed by atoms with Gasteiger partial charge < -0.3 is 57.9 Å². The summed E-state index contributed by atoms with van der Waals surface area (Å²) in [7, 11) is 6.87. The van der Waals surface area contributed by atoms with Gasteiger partial charge in [0.1, 0.15) is 24.1 Å². The molecule has 0 unspecified atom stereocenters. The number of likely N-dealkylation sites (N-methyl/N-ethyl adjacent to an activating group) is 1. The van der Waals surface area contributed by atoms with E-state index >= 15 is 0 Å². The molecule has 4 fully saturated rings. The second-order valence-corrected chi connectivity index (χ2v) is 19.8. The number of Topliss-reactive ketones (excluding diaryl/α,β-unsaturated/α-hetero) is 1. The second kappa shape index (κ2) is 21.3. The molecule has 0 spiro atoms. The predicted molar refractivity (Wildman–Crippen MR) is 240 cm³/mol. The van der Waals surface area contributed by atoms with E-state index in [4.69, 9.17) is 37.9 Å². The van der Waals surface area contributed by atoms with Crippen molar-refractivity contribution in [2.24, 2.45) is 23.7 Å². The van der Waals surface area contributed by atoms with Crippen molar-refractivity contribution in [3.8, 4) is 0 Å². The van der Waals surface area contributed by atoms with Crippen LogP contribution in [0.2, 0.25) is 0 Å². The van der Waals surface area contributed by atoms with Gasteiger partial charge in [0.2, 0.25) is 0 Å². The number of nitrogens with zero attached hydrogens (tertiary/aromatic N) is 2. The highest BCUT2D eigenvalue weighted by Gasteiger charge is 2.61. The Morgan fingerprint density at radius 2 is 1.55 bits per heavy atom. The zero-order valence-electron chi connectivity index (χ0n) is 40.7. The number of rotatable bonds is 12. The number of carbonyl (C=O) groups is 3. The van der Waals surface area contributed by atoms with E-state index in [9.17, 15) is 24.6 Å². The highest BCUT2D eigenvalue weighted by molar-refractivity contribution is 5.85. The van der Waals surface area contributed by atoms with Gasteiger partial charge in [-0.1, -0.05) is 70.2 Å². The van der Waals surface area contributed by atoms with Gasteiger partial charge in [-0.25, -0.2) is 4.79 Å². The van der Waals surface area contributed by atoms with Crippen molar-refractivity contribution < 1.29 is 62.5 Å². The minimum absolute atomic E-state index is 0.132. The fraction of sp³-hybridized carbons (Fsp3) is 0.776. The molecule has 15 nitrogen and oxygen atoms in total. The molecule has 4 saturated heterocycles. The average molecular weight is 903 g/mol. The summed E-state index contributed by atoms with van der Waals surface area (Å²) in [5.74, 6) is -3.86. The monoisotopic (exact) mass is 903 g/mol. The van der Waals surface area contributed by atoms with Gasteiger partial charge in [0, 0.05) is 51.0 Å². The molecule has 0 bridgehead atoms. The SMILES string of the molecule is CC[C@H]1OC(=O)[C@H](C)[C@@H](O[C@H]2C[C@](C)(OC)[C@@H](O)[C@H](C)O2)[C@H](C)[C@@H](O[C@@H]2O[C@H](C)C[C@H](N(C)C)[C@H]2O)[C@](C)(OC)C[C@@H](C)C(=O)[C@H](C)[C@H]2N(CC/C=C\c3ccccc3)C(=O)O[C@]12C. The fourth-order valence-corrected chi connectivity index (χ4v) is 10.9. The van der Waals surface area contributed by atoms with E-state index in [0.29, 0.717) is 12.8 Å². The van der Waals surface area contributed by atoms with Crippen molar-refractivity contribution in [1.29, 1.82) is 0 Å². The number of benzene rings is 1. The summed E-state index contributed by atoms with van der Waals surface area (Å²) in [6.07, 6.45) is -2.93. The molecule has 15 heteroatoms. The minimum atomic E-state index is -1.41. The van der Waals surface area contributed by atoms with Crippen LogP contribution in [0.4, 0.5) is 4.79 Å². The van der Waals surface area contributed by atoms with Gasteiger partial charge in [-0.2, -0.15) is 0 Å². The topological polar surface area (TPSA) is 172 Å². The molecule has 4 aliphatic rings. The number of aliphatic hydroxyl groups is 2. The van der Waals surface area contributed by atoms with Gasteiger partial charge in [0.05, 0.1) is 47.6 Å². The molecule has 4 heterocycles. The van der Waals surface area contributed by atoms with Gasteiger partial charge >= 0.3 is 12.1 Å². The van der Waals surface area contributed by atoms with Crippen LogP contribution in [0.15, 0.2) is 36.4 Å². The smallest absolute Gasteiger partial charge is 0.410 e. The molecule has 0 saturated carbocycles. The summed E-state index contributed by atoms with van der Waals surface area (Å²) in [4.78, 5) is 47.4. The summed E-state index contributed by atoms with van der Waals surface area (Å²) in [5, 5.41) is 22.9. The standard InChI is InChI=1S/C49H78N2O13/c1-15-36-49(10)41(51(46(56)64-49)24-20-19-23-34-21-17-16-18-22-34)30(4)38(52)28(2)26-48(9,58-14)43(63-45-39(53)35(50(11)12)25-29(3)59-45)31(5)40(32(6)44(55)61-36)62-37-27-47(8,57-13)42(54)33(7)60-37/h16-19,21-23,28-33,35-37,39-43,45,53-54H,15,20,24-27H2,1-14H3/b23-19-/t28-,29-,30+,31+,32-,33+,35+,36-,37+,39-,40+,41-,42+,43-,45+,47+,48-,49-/m1/s1. The van der Waals surface area contributed by atoms with Crippen LogP contribution in [0.25, 0.3) is 6.08 Å². The second-order valence-electron chi connectivity index (χ2n) is 19.8. The Kier molecular flexibility index (Phi) is 17.3.